The van der Waals surface area contributed by atoms with Gasteiger partial charge in [0.15, 0.2) is 11.9 Å². The number of hydrogen-bond donors (Lipinski definition) is 2. The fraction of sp³-hybridized carbons (Fsp3) is 0.738. The molecule has 0 saturated carbocycles. The molecule has 0 unspecified atom stereocenters. The smallest absolute Gasteiger partial charge is 0.462 e. The molecular formula is C42H73O9P. The van der Waals surface area contributed by atoms with Crippen LogP contribution in [0.3, 0.4) is 0 Å². The lowest BCUT2D eigenvalue weighted by Crippen LogP contribution is -2.29. The molecule has 0 aliphatic carbocycles. The first-order valence-corrected chi connectivity index (χ1v) is 21.9. The van der Waals surface area contributed by atoms with E-state index in [1.165, 1.54) is 77.0 Å². The largest absolute Gasteiger partial charge is 0.469 e. The topological polar surface area (TPSA) is 136 Å². The number of rotatable bonds is 37. The second-order valence-corrected chi connectivity index (χ2v) is 14.9. The maximum Gasteiger partial charge on any atom is 0.469 e. The molecule has 0 aromatic rings. The summed E-state index contributed by atoms with van der Waals surface area (Å²) in [5.41, 5.74) is 0. The predicted octanol–water partition coefficient (Wildman–Crippen LogP) is 11.5. The molecule has 10 heteroatoms. The van der Waals surface area contributed by atoms with Crippen molar-refractivity contribution >= 4 is 25.5 Å². The van der Waals surface area contributed by atoms with E-state index in [9.17, 15) is 18.9 Å². The van der Waals surface area contributed by atoms with Crippen LogP contribution in [-0.4, -0.2) is 46.8 Å². The molecule has 0 aliphatic rings. The highest BCUT2D eigenvalue weighted by molar-refractivity contribution is 7.46. The minimum atomic E-state index is -4.78. The zero-order valence-electron chi connectivity index (χ0n) is 32.7. The van der Waals surface area contributed by atoms with Gasteiger partial charge >= 0.3 is 19.8 Å². The number of carbonyl (C=O) groups excluding carboxylic acids is 3. The maximum absolute atomic E-state index is 12.4. The van der Waals surface area contributed by atoms with Crippen LogP contribution in [0.5, 0.6) is 0 Å². The van der Waals surface area contributed by atoms with Crippen LogP contribution in [0.25, 0.3) is 0 Å². The highest BCUT2D eigenvalue weighted by atomic mass is 31.2. The van der Waals surface area contributed by atoms with Crippen molar-refractivity contribution < 1.29 is 42.7 Å². The van der Waals surface area contributed by atoms with Gasteiger partial charge in [-0.2, -0.15) is 0 Å². The zero-order chi connectivity index (χ0) is 38.4. The first-order valence-electron chi connectivity index (χ1n) is 20.4. The summed E-state index contributed by atoms with van der Waals surface area (Å²) in [7, 11) is -4.78. The van der Waals surface area contributed by atoms with Crippen molar-refractivity contribution in [2.45, 2.75) is 187 Å². The van der Waals surface area contributed by atoms with Crippen molar-refractivity contribution in [3.8, 4) is 0 Å². The number of esters is 2. The van der Waals surface area contributed by atoms with Gasteiger partial charge < -0.3 is 19.3 Å². The number of ether oxygens (including phenoxy) is 2. The number of phosphoric ester groups is 1. The van der Waals surface area contributed by atoms with Gasteiger partial charge in [-0.15, -0.1) is 0 Å². The molecule has 0 amide bonds. The van der Waals surface area contributed by atoms with E-state index < -0.39 is 32.5 Å². The zero-order valence-corrected chi connectivity index (χ0v) is 33.6. The van der Waals surface area contributed by atoms with Crippen molar-refractivity contribution in [1.82, 2.24) is 0 Å². The van der Waals surface area contributed by atoms with Crippen LogP contribution >= 0.6 is 7.82 Å². The van der Waals surface area contributed by atoms with Crippen LogP contribution in [0, 0.1) is 0 Å². The highest BCUT2D eigenvalue weighted by Crippen LogP contribution is 2.36. The fourth-order valence-electron chi connectivity index (χ4n) is 5.50. The lowest BCUT2D eigenvalue weighted by molar-refractivity contribution is -0.161. The third kappa shape index (κ3) is 38.9. The second-order valence-electron chi connectivity index (χ2n) is 13.7. The summed E-state index contributed by atoms with van der Waals surface area (Å²) >= 11 is 0. The van der Waals surface area contributed by atoms with Gasteiger partial charge in [0, 0.05) is 19.3 Å². The van der Waals surface area contributed by atoms with E-state index in [2.05, 4.69) is 30.5 Å². The molecule has 0 spiro atoms. The third-order valence-corrected chi connectivity index (χ3v) is 9.06. The van der Waals surface area contributed by atoms with Gasteiger partial charge in [-0.05, 0) is 44.6 Å². The highest BCUT2D eigenvalue weighted by Gasteiger charge is 2.22. The lowest BCUT2D eigenvalue weighted by atomic mass is 10.0. The van der Waals surface area contributed by atoms with Crippen molar-refractivity contribution in [2.75, 3.05) is 13.2 Å². The van der Waals surface area contributed by atoms with Crippen LogP contribution < -0.4 is 0 Å². The van der Waals surface area contributed by atoms with Gasteiger partial charge in [0.25, 0.3) is 0 Å². The SMILES string of the molecule is CCCCCCCCCCCCCCCCCCC(=O)O[C@H](COC(=O)CCC/C=C\C/C=C\C/C=C\C=C\C(=O)CCCCC)COP(=O)(O)O. The van der Waals surface area contributed by atoms with Crippen LogP contribution in [0.15, 0.2) is 48.6 Å². The van der Waals surface area contributed by atoms with Crippen LogP contribution in [0.2, 0.25) is 0 Å². The molecule has 2 N–H and O–H groups in total. The van der Waals surface area contributed by atoms with Gasteiger partial charge in [0.1, 0.15) is 6.61 Å². The summed E-state index contributed by atoms with van der Waals surface area (Å²) in [4.78, 5) is 54.4. The van der Waals surface area contributed by atoms with Crippen molar-refractivity contribution in [3.05, 3.63) is 48.6 Å². The number of hydrogen-bond acceptors (Lipinski definition) is 7. The third-order valence-electron chi connectivity index (χ3n) is 8.58. The Morgan fingerprint density at radius 1 is 0.558 bits per heavy atom. The Morgan fingerprint density at radius 2 is 1.04 bits per heavy atom. The molecule has 0 aromatic carbocycles. The molecule has 0 bridgehead atoms. The molecule has 9 nitrogen and oxygen atoms in total. The minimum Gasteiger partial charge on any atom is -0.462 e. The Labute approximate surface area is 316 Å². The first kappa shape index (κ1) is 49.7. The minimum absolute atomic E-state index is 0.165. The molecule has 0 fully saturated rings. The van der Waals surface area contributed by atoms with E-state index in [1.807, 2.05) is 24.3 Å². The Hall–Kier alpha value is -2.32. The molecule has 0 saturated heterocycles. The summed E-state index contributed by atoms with van der Waals surface area (Å²) in [5, 5.41) is 0. The molecule has 0 radical (unpaired) electrons. The van der Waals surface area contributed by atoms with Crippen LogP contribution in [-0.2, 0) is 32.9 Å². The molecule has 0 aliphatic heterocycles. The van der Waals surface area contributed by atoms with Gasteiger partial charge in [0.05, 0.1) is 6.61 Å². The quantitative estimate of drug-likeness (QED) is 0.0159. The van der Waals surface area contributed by atoms with Crippen LogP contribution in [0.1, 0.15) is 181 Å². The van der Waals surface area contributed by atoms with Crippen molar-refractivity contribution in [2.24, 2.45) is 0 Å². The molecule has 0 aromatic heterocycles. The summed E-state index contributed by atoms with van der Waals surface area (Å²) in [5.74, 6) is -0.815. The summed E-state index contributed by atoms with van der Waals surface area (Å²) in [6.07, 6.45) is 41.0. The first-order chi connectivity index (χ1) is 25.2. The monoisotopic (exact) mass is 752 g/mol. The Morgan fingerprint density at radius 3 is 1.62 bits per heavy atom. The normalized spacial score (nSPS) is 12.8. The van der Waals surface area contributed by atoms with E-state index in [1.54, 1.807) is 12.2 Å². The Balaban J connectivity index is 4.06. The van der Waals surface area contributed by atoms with E-state index in [0.29, 0.717) is 25.7 Å². The summed E-state index contributed by atoms with van der Waals surface area (Å²) in [6, 6.07) is 0. The molecule has 52 heavy (non-hydrogen) atoms. The van der Waals surface area contributed by atoms with E-state index in [4.69, 9.17) is 19.3 Å². The van der Waals surface area contributed by atoms with E-state index >= 15 is 0 Å². The lowest BCUT2D eigenvalue weighted by Gasteiger charge is -2.18. The summed E-state index contributed by atoms with van der Waals surface area (Å²) in [6.45, 7) is 3.48. The summed E-state index contributed by atoms with van der Waals surface area (Å²) < 4.78 is 26.3. The number of ketones is 1. The number of allylic oxidation sites excluding steroid dienone is 8. The van der Waals surface area contributed by atoms with Gasteiger partial charge in [0.2, 0.25) is 0 Å². The Kier molecular flexibility index (Phi) is 35.4. The van der Waals surface area contributed by atoms with Crippen molar-refractivity contribution in [1.29, 1.82) is 0 Å². The molecule has 0 heterocycles. The molecule has 300 valence electrons. The average molecular weight is 753 g/mol. The Bertz CT molecular complexity index is 1040. The van der Waals surface area contributed by atoms with Gasteiger partial charge in [-0.25, -0.2) is 4.57 Å². The average Bonchev–Trinajstić information content (AvgIpc) is 3.11. The maximum atomic E-state index is 12.4. The van der Waals surface area contributed by atoms with Gasteiger partial charge in [-0.3, -0.25) is 18.9 Å². The van der Waals surface area contributed by atoms with E-state index in [-0.39, 0.29) is 25.2 Å². The fourth-order valence-corrected chi connectivity index (χ4v) is 5.86. The molecule has 1 atom stereocenters. The molecular weight excluding hydrogens is 679 g/mol. The predicted molar refractivity (Wildman–Crippen MR) is 212 cm³/mol. The number of phosphoric acid groups is 1. The second kappa shape index (κ2) is 37.0. The standard InChI is InChI=1S/C42H73O9P/c1-3-5-7-8-9-10-11-12-13-14-15-18-22-25-28-32-36-42(45)51-40(38-50-52(46,47)48)37-49-41(44)35-31-27-24-21-19-16-17-20-23-26-30-34-39(43)33-29-6-4-2/h16-17,21,23-24,26,30,34,40H,3-15,18-20,22,25,27-29,31-33,35-38H2,1-2H3,(H2,46,47,48)/b17-16-,24-21-,26-23-,34-30+/t40-/m1/s1. The van der Waals surface area contributed by atoms with Crippen LogP contribution in [0.4, 0.5) is 0 Å². The number of carbonyl (C=O) groups is 3. The van der Waals surface area contributed by atoms with Gasteiger partial charge in [-0.1, -0.05) is 166 Å². The van der Waals surface area contributed by atoms with E-state index in [0.717, 1.165) is 51.4 Å². The number of unbranched alkanes of at least 4 members (excludes halogenated alkanes) is 18. The molecule has 0 rings (SSSR count). The van der Waals surface area contributed by atoms with Crippen molar-refractivity contribution in [3.63, 3.8) is 0 Å².